The number of hydrogen-bond acceptors (Lipinski definition) is 3. The molecular weight excluding hydrogens is 343 g/mol. The molecule has 0 aromatic heterocycles. The second kappa shape index (κ2) is 8.65. The molecule has 1 rings (SSSR count). The highest BCUT2D eigenvalue weighted by molar-refractivity contribution is 7.92. The second-order valence-electron chi connectivity index (χ2n) is 6.98. The Bertz CT molecular complexity index is 664. The van der Waals surface area contributed by atoms with Gasteiger partial charge in [-0.25, -0.2) is 12.8 Å². The molecule has 0 aliphatic carbocycles. The lowest BCUT2D eigenvalue weighted by atomic mass is 9.93. The Hall–Kier alpha value is -1.63. The van der Waals surface area contributed by atoms with Gasteiger partial charge in [-0.3, -0.25) is 9.10 Å². The average molecular weight is 373 g/mol. The number of anilines is 1. The van der Waals surface area contributed by atoms with Gasteiger partial charge in [0.1, 0.15) is 11.9 Å². The minimum Gasteiger partial charge on any atom is -0.351 e. The van der Waals surface area contributed by atoms with Gasteiger partial charge >= 0.3 is 0 Å². The first-order chi connectivity index (χ1) is 11.5. The first-order valence-corrected chi connectivity index (χ1v) is 10.4. The van der Waals surface area contributed by atoms with E-state index in [0.717, 1.165) is 10.6 Å². The standard InChI is InChI=1S/C18H29FN2O3S/c1-7-16(18(22)20-17(12(2)3)13(4)5)21(25(6,23)24)15-10-8-14(19)9-11-15/h8-13,16-17H,7H2,1-6H3,(H,20,22). The number of nitrogens with zero attached hydrogens (tertiary/aromatic N) is 1. The van der Waals surface area contributed by atoms with E-state index in [4.69, 9.17) is 0 Å². The van der Waals surface area contributed by atoms with Crippen molar-refractivity contribution >= 4 is 21.6 Å². The lowest BCUT2D eigenvalue weighted by Crippen LogP contribution is -2.53. The third kappa shape index (κ3) is 5.70. The predicted octanol–water partition coefficient (Wildman–Crippen LogP) is 3.17. The summed E-state index contributed by atoms with van der Waals surface area (Å²) in [4.78, 5) is 12.8. The molecule has 1 N–H and O–H groups in total. The van der Waals surface area contributed by atoms with Gasteiger partial charge in [0.15, 0.2) is 0 Å². The molecular formula is C18H29FN2O3S. The fourth-order valence-corrected chi connectivity index (χ4v) is 4.22. The van der Waals surface area contributed by atoms with Gasteiger partial charge in [-0.15, -0.1) is 0 Å². The molecule has 0 saturated carbocycles. The average Bonchev–Trinajstić information content (AvgIpc) is 2.49. The van der Waals surface area contributed by atoms with Crippen LogP contribution in [0.5, 0.6) is 0 Å². The van der Waals surface area contributed by atoms with Gasteiger partial charge in [-0.1, -0.05) is 34.6 Å². The smallest absolute Gasteiger partial charge is 0.244 e. The number of carbonyl (C=O) groups excluding carboxylic acids is 1. The van der Waals surface area contributed by atoms with E-state index >= 15 is 0 Å². The second-order valence-corrected chi connectivity index (χ2v) is 8.84. The highest BCUT2D eigenvalue weighted by atomic mass is 32.2. The summed E-state index contributed by atoms with van der Waals surface area (Å²) in [5.41, 5.74) is 0.275. The van der Waals surface area contributed by atoms with Gasteiger partial charge in [0.2, 0.25) is 15.9 Å². The molecule has 0 spiro atoms. The molecule has 5 nitrogen and oxygen atoms in total. The lowest BCUT2D eigenvalue weighted by Gasteiger charge is -2.33. The molecule has 0 saturated heterocycles. The van der Waals surface area contributed by atoms with Crippen LogP contribution < -0.4 is 9.62 Å². The summed E-state index contributed by atoms with van der Waals surface area (Å²) in [6.45, 7) is 9.81. The Morgan fingerprint density at radius 1 is 1.12 bits per heavy atom. The quantitative estimate of drug-likeness (QED) is 0.762. The number of nitrogens with one attached hydrogen (secondary N) is 1. The highest BCUT2D eigenvalue weighted by Crippen LogP contribution is 2.23. The summed E-state index contributed by atoms with van der Waals surface area (Å²) in [5.74, 6) is -0.364. The normalized spacial score (nSPS) is 13.4. The number of carbonyl (C=O) groups is 1. The number of amides is 1. The molecule has 25 heavy (non-hydrogen) atoms. The van der Waals surface area contributed by atoms with Crippen LogP contribution in [0.3, 0.4) is 0 Å². The zero-order chi connectivity index (χ0) is 19.4. The van der Waals surface area contributed by atoms with Crippen molar-refractivity contribution < 1.29 is 17.6 Å². The number of hydrogen-bond donors (Lipinski definition) is 1. The zero-order valence-corrected chi connectivity index (χ0v) is 16.6. The van der Waals surface area contributed by atoms with Crippen LogP contribution in [0.4, 0.5) is 10.1 Å². The van der Waals surface area contributed by atoms with E-state index in [9.17, 15) is 17.6 Å². The molecule has 0 bridgehead atoms. The molecule has 0 fully saturated rings. The van der Waals surface area contributed by atoms with Crippen molar-refractivity contribution in [3.63, 3.8) is 0 Å². The van der Waals surface area contributed by atoms with Crippen LogP contribution in [0.2, 0.25) is 0 Å². The molecule has 1 atom stereocenters. The summed E-state index contributed by atoms with van der Waals surface area (Å²) in [6, 6.07) is 4.16. The first-order valence-electron chi connectivity index (χ1n) is 8.54. The van der Waals surface area contributed by atoms with Crippen molar-refractivity contribution in [2.45, 2.75) is 53.1 Å². The first kappa shape index (κ1) is 21.4. The number of sulfonamides is 1. The van der Waals surface area contributed by atoms with Crippen LogP contribution in [0.1, 0.15) is 41.0 Å². The molecule has 0 heterocycles. The van der Waals surface area contributed by atoms with Crippen LogP contribution in [-0.2, 0) is 14.8 Å². The number of benzene rings is 1. The molecule has 0 aliphatic rings. The van der Waals surface area contributed by atoms with E-state index in [1.54, 1.807) is 6.92 Å². The minimum absolute atomic E-state index is 0.0591. The van der Waals surface area contributed by atoms with E-state index < -0.39 is 21.9 Å². The molecule has 142 valence electrons. The van der Waals surface area contributed by atoms with E-state index in [-0.39, 0.29) is 29.5 Å². The summed E-state index contributed by atoms with van der Waals surface area (Å²) >= 11 is 0. The third-order valence-electron chi connectivity index (χ3n) is 4.16. The summed E-state index contributed by atoms with van der Waals surface area (Å²) in [7, 11) is -3.71. The molecule has 0 aliphatic heterocycles. The summed E-state index contributed by atoms with van der Waals surface area (Å²) in [6.07, 6.45) is 1.36. The summed E-state index contributed by atoms with van der Waals surface area (Å²) in [5, 5.41) is 2.98. The molecule has 1 amide bonds. The van der Waals surface area contributed by atoms with Crippen LogP contribution in [0, 0.1) is 17.7 Å². The fraction of sp³-hybridized carbons (Fsp3) is 0.611. The van der Waals surface area contributed by atoms with E-state index in [0.29, 0.717) is 6.42 Å². The molecule has 1 aromatic carbocycles. The Balaban J connectivity index is 3.21. The Morgan fingerprint density at radius 3 is 1.96 bits per heavy atom. The van der Waals surface area contributed by atoms with E-state index in [2.05, 4.69) is 5.32 Å². The highest BCUT2D eigenvalue weighted by Gasteiger charge is 2.33. The molecule has 1 aromatic rings. The number of halogens is 1. The zero-order valence-electron chi connectivity index (χ0n) is 15.8. The minimum atomic E-state index is -3.71. The SMILES string of the molecule is CCC(C(=O)NC(C(C)C)C(C)C)N(c1ccc(F)cc1)S(C)(=O)=O. The van der Waals surface area contributed by atoms with Crippen LogP contribution in [-0.4, -0.2) is 32.7 Å². The third-order valence-corrected chi connectivity index (χ3v) is 5.34. The van der Waals surface area contributed by atoms with Gasteiger partial charge in [0.25, 0.3) is 0 Å². The van der Waals surface area contributed by atoms with Crippen molar-refractivity contribution in [1.82, 2.24) is 5.32 Å². The largest absolute Gasteiger partial charge is 0.351 e. The van der Waals surface area contributed by atoms with Gasteiger partial charge in [0.05, 0.1) is 11.9 Å². The fourth-order valence-electron chi connectivity index (χ4n) is 3.01. The van der Waals surface area contributed by atoms with Crippen LogP contribution in [0.25, 0.3) is 0 Å². The van der Waals surface area contributed by atoms with Gasteiger partial charge in [-0.05, 0) is 42.5 Å². The van der Waals surface area contributed by atoms with Crippen LogP contribution >= 0.6 is 0 Å². The summed E-state index contributed by atoms with van der Waals surface area (Å²) < 4.78 is 38.9. The molecule has 0 radical (unpaired) electrons. The van der Waals surface area contributed by atoms with Gasteiger partial charge in [0, 0.05) is 6.04 Å². The van der Waals surface area contributed by atoms with E-state index in [1.807, 2.05) is 27.7 Å². The van der Waals surface area contributed by atoms with E-state index in [1.165, 1.54) is 24.3 Å². The van der Waals surface area contributed by atoms with Gasteiger partial charge in [-0.2, -0.15) is 0 Å². The van der Waals surface area contributed by atoms with Crippen molar-refractivity contribution in [1.29, 1.82) is 0 Å². The lowest BCUT2D eigenvalue weighted by molar-refractivity contribution is -0.123. The maximum Gasteiger partial charge on any atom is 0.244 e. The van der Waals surface area contributed by atoms with Crippen molar-refractivity contribution in [3.05, 3.63) is 30.1 Å². The Morgan fingerprint density at radius 2 is 1.60 bits per heavy atom. The maximum atomic E-state index is 13.2. The number of rotatable bonds is 8. The Kier molecular flexibility index (Phi) is 7.41. The van der Waals surface area contributed by atoms with Crippen molar-refractivity contribution in [2.75, 3.05) is 10.6 Å². The molecule has 7 heteroatoms. The topological polar surface area (TPSA) is 66.5 Å². The predicted molar refractivity (Wildman–Crippen MR) is 99.4 cm³/mol. The molecule has 1 unspecified atom stereocenters. The maximum absolute atomic E-state index is 13.2. The van der Waals surface area contributed by atoms with Gasteiger partial charge < -0.3 is 5.32 Å². The Labute approximate surface area is 150 Å². The van der Waals surface area contributed by atoms with Crippen molar-refractivity contribution in [2.24, 2.45) is 11.8 Å². The van der Waals surface area contributed by atoms with Crippen molar-refractivity contribution in [3.8, 4) is 0 Å². The monoisotopic (exact) mass is 372 g/mol. The van der Waals surface area contributed by atoms with Crippen LogP contribution in [0.15, 0.2) is 24.3 Å².